The van der Waals surface area contributed by atoms with Crippen molar-refractivity contribution in [3.05, 3.63) is 5.73 Å². The van der Waals surface area contributed by atoms with Crippen molar-refractivity contribution in [2.75, 3.05) is 20.1 Å². The summed E-state index contributed by atoms with van der Waals surface area (Å²) >= 11 is 0. The first-order valence-electron chi connectivity index (χ1n) is 3.64. The largest absolute Gasteiger partial charge is 0.667 e. The number of nitrogens with zero attached hydrogens (tertiary/aromatic N) is 1. The Labute approximate surface area is 92.6 Å². The van der Waals surface area contributed by atoms with Crippen LogP contribution in [0.5, 0.6) is 0 Å². The van der Waals surface area contributed by atoms with Crippen molar-refractivity contribution in [2.45, 2.75) is 12.8 Å². The van der Waals surface area contributed by atoms with Gasteiger partial charge >= 0.3 is 0 Å². The van der Waals surface area contributed by atoms with E-state index in [1.54, 1.807) is 0 Å². The number of hydrogen-bond acceptors (Lipinski definition) is 2. The number of likely N-dealkylation sites (tertiary alicyclic amines) is 1. The predicted octanol–water partition coefficient (Wildman–Crippen LogP) is 0.905. The Kier molecular flexibility index (Phi) is 5.48. The van der Waals surface area contributed by atoms with Gasteiger partial charge in [0.2, 0.25) is 0 Å². The van der Waals surface area contributed by atoms with Crippen molar-refractivity contribution in [2.24, 2.45) is 5.92 Å². The van der Waals surface area contributed by atoms with Gasteiger partial charge in [0, 0.05) is 45.2 Å². The van der Waals surface area contributed by atoms with Crippen LogP contribution in [0.25, 0.3) is 5.73 Å². The fourth-order valence-electron chi connectivity index (χ4n) is 1.38. The Balaban J connectivity index is 0.000001000. The van der Waals surface area contributed by atoms with Gasteiger partial charge in [-0.15, -0.1) is 0 Å². The monoisotopic (exact) mass is 230 g/mol. The van der Waals surface area contributed by atoms with Gasteiger partial charge in [0.25, 0.3) is 0 Å². The van der Waals surface area contributed by atoms with E-state index in [0.717, 1.165) is 25.9 Å². The van der Waals surface area contributed by atoms with E-state index in [9.17, 15) is 4.79 Å². The molecule has 1 aliphatic rings. The Hall–Kier alpha value is 0.534. The third kappa shape index (κ3) is 3.63. The van der Waals surface area contributed by atoms with E-state index in [1.807, 2.05) is 7.05 Å². The van der Waals surface area contributed by atoms with Crippen molar-refractivity contribution in [1.29, 1.82) is 0 Å². The molecule has 0 aromatic rings. The Morgan fingerprint density at radius 3 is 2.64 bits per heavy atom. The van der Waals surface area contributed by atoms with E-state index in [1.165, 1.54) is 0 Å². The normalized spacial score (nSPS) is 25.7. The number of piperidine rings is 1. The first-order valence-corrected chi connectivity index (χ1v) is 3.64. The van der Waals surface area contributed by atoms with Crippen LogP contribution >= 0.6 is 0 Å². The molecule has 1 amide bonds. The summed E-state index contributed by atoms with van der Waals surface area (Å²) in [6.07, 6.45) is 1.97. The maximum atomic E-state index is 10.6. The zero-order valence-electron chi connectivity index (χ0n) is 6.84. The summed E-state index contributed by atoms with van der Waals surface area (Å²) in [6.45, 7) is 1.85. The van der Waals surface area contributed by atoms with Crippen molar-refractivity contribution in [3.8, 4) is 0 Å². The van der Waals surface area contributed by atoms with Gasteiger partial charge in [0.15, 0.2) is 0 Å². The summed E-state index contributed by atoms with van der Waals surface area (Å²) < 4.78 is 0. The van der Waals surface area contributed by atoms with Gasteiger partial charge in [0.1, 0.15) is 0 Å². The quantitative estimate of drug-likeness (QED) is 0.671. The maximum Gasteiger partial charge on any atom is 0.0532 e. The fraction of sp³-hybridized carbons (Fsp3) is 0.857. The molecule has 1 heterocycles. The standard InChI is InChI=1S/C7H14N2O.Y/c1-9-4-2-3-6(5-9)7(8)10;/h6H,2-5H2,1H3,(H2,8,10);/p-1. The molecule has 0 spiro atoms. The molecule has 11 heavy (non-hydrogen) atoms. The Morgan fingerprint density at radius 2 is 2.27 bits per heavy atom. The zero-order chi connectivity index (χ0) is 7.56. The van der Waals surface area contributed by atoms with E-state index in [-0.39, 0.29) is 38.6 Å². The van der Waals surface area contributed by atoms with E-state index in [4.69, 9.17) is 5.73 Å². The summed E-state index contributed by atoms with van der Waals surface area (Å²) in [5, 5.41) is 0. The van der Waals surface area contributed by atoms with Gasteiger partial charge in [-0.1, -0.05) is 0 Å². The summed E-state index contributed by atoms with van der Waals surface area (Å²) in [5.41, 5.74) is 6.90. The van der Waals surface area contributed by atoms with E-state index in [2.05, 4.69) is 4.90 Å². The molecule has 1 saturated heterocycles. The van der Waals surface area contributed by atoms with E-state index < -0.39 is 5.91 Å². The van der Waals surface area contributed by atoms with Crippen LogP contribution in [0.4, 0.5) is 0 Å². The number of carbonyl (C=O) groups excluding carboxylic acids is 1. The minimum Gasteiger partial charge on any atom is -0.667 e. The predicted molar refractivity (Wildman–Crippen MR) is 39.5 cm³/mol. The van der Waals surface area contributed by atoms with Crippen molar-refractivity contribution < 1.29 is 37.5 Å². The summed E-state index contributed by atoms with van der Waals surface area (Å²) in [5.74, 6) is -0.412. The molecular formula is C7H13N2OY-. The van der Waals surface area contributed by atoms with E-state index >= 15 is 0 Å². The number of amides is 1. The first-order chi connectivity index (χ1) is 4.70. The maximum absolute atomic E-state index is 10.6. The van der Waals surface area contributed by atoms with Crippen LogP contribution in [-0.2, 0) is 37.5 Å². The van der Waals surface area contributed by atoms with Gasteiger partial charge in [-0.3, -0.25) is 0 Å². The van der Waals surface area contributed by atoms with Crippen LogP contribution < -0.4 is 0 Å². The van der Waals surface area contributed by atoms with Crippen molar-refractivity contribution in [1.82, 2.24) is 4.90 Å². The SMILES string of the molecule is CN1CCCC(C([NH-])=O)C1.[Y]. The molecule has 1 aliphatic heterocycles. The Morgan fingerprint density at radius 1 is 1.64 bits per heavy atom. The molecule has 0 aliphatic carbocycles. The minimum absolute atomic E-state index is 0. The molecule has 3 nitrogen and oxygen atoms in total. The topological polar surface area (TPSA) is 44.1 Å². The van der Waals surface area contributed by atoms with Crippen molar-refractivity contribution >= 4 is 5.91 Å². The van der Waals surface area contributed by atoms with Crippen LogP contribution in [0.1, 0.15) is 12.8 Å². The molecule has 1 rings (SSSR count). The van der Waals surface area contributed by atoms with Gasteiger partial charge in [-0.2, -0.15) is 0 Å². The smallest absolute Gasteiger partial charge is 0.0532 e. The zero-order valence-corrected chi connectivity index (χ0v) is 9.68. The molecule has 1 radical (unpaired) electrons. The molecule has 0 aromatic heterocycles. The van der Waals surface area contributed by atoms with Gasteiger partial charge in [0.05, 0.1) is 5.91 Å². The third-order valence-electron chi connectivity index (χ3n) is 2.00. The number of nitrogens with one attached hydrogen (secondary N) is 1. The molecular weight excluding hydrogens is 217 g/mol. The molecule has 4 heteroatoms. The molecule has 0 saturated carbocycles. The first kappa shape index (κ1) is 11.5. The van der Waals surface area contributed by atoms with Crippen LogP contribution in [0.15, 0.2) is 0 Å². The second-order valence-electron chi connectivity index (χ2n) is 2.97. The molecule has 0 aromatic carbocycles. The molecule has 0 bridgehead atoms. The average molecular weight is 230 g/mol. The molecule has 1 N–H and O–H groups in total. The summed E-state index contributed by atoms with van der Waals surface area (Å²) in [6, 6.07) is 0. The van der Waals surface area contributed by atoms with Crippen LogP contribution in [0, 0.1) is 5.92 Å². The molecule has 1 atom stereocenters. The van der Waals surface area contributed by atoms with Crippen LogP contribution in [0.3, 0.4) is 0 Å². The Bertz CT molecular complexity index is 140. The number of hydrogen-bond donors (Lipinski definition) is 0. The summed E-state index contributed by atoms with van der Waals surface area (Å²) in [7, 11) is 2.00. The fourth-order valence-corrected chi connectivity index (χ4v) is 1.38. The van der Waals surface area contributed by atoms with Gasteiger partial charge < -0.3 is 15.4 Å². The third-order valence-corrected chi connectivity index (χ3v) is 2.00. The minimum atomic E-state index is -0.397. The van der Waals surface area contributed by atoms with Gasteiger partial charge in [-0.05, 0) is 26.4 Å². The van der Waals surface area contributed by atoms with Crippen molar-refractivity contribution in [3.63, 3.8) is 0 Å². The second-order valence-corrected chi connectivity index (χ2v) is 2.97. The van der Waals surface area contributed by atoms with Crippen LogP contribution in [0.2, 0.25) is 0 Å². The van der Waals surface area contributed by atoms with Gasteiger partial charge in [-0.25, -0.2) is 0 Å². The van der Waals surface area contributed by atoms with E-state index in [0.29, 0.717) is 0 Å². The number of rotatable bonds is 1. The molecule has 1 fully saturated rings. The summed E-state index contributed by atoms with van der Waals surface area (Å²) in [4.78, 5) is 12.7. The van der Waals surface area contributed by atoms with Crippen LogP contribution in [-0.4, -0.2) is 30.9 Å². The molecule has 1 unspecified atom stereocenters. The molecule has 61 valence electrons. The average Bonchev–Trinajstić information content (AvgIpc) is 1.88. The number of carbonyl (C=O) groups is 1. The second kappa shape index (κ2) is 5.23.